The maximum atomic E-state index is 13.0. The molecule has 0 saturated heterocycles. The second-order valence-electron chi connectivity index (χ2n) is 6.00. The quantitative estimate of drug-likeness (QED) is 0.545. The van der Waals surface area contributed by atoms with E-state index in [0.717, 1.165) is 36.2 Å². The average Bonchev–Trinajstić information content (AvgIpc) is 2.78. The summed E-state index contributed by atoms with van der Waals surface area (Å²) in [6.45, 7) is 2.34. The molecule has 0 radical (unpaired) electrons. The highest BCUT2D eigenvalue weighted by Gasteiger charge is 2.27. The Kier molecular flexibility index (Phi) is 4.40. The van der Waals surface area contributed by atoms with Gasteiger partial charge in [0.1, 0.15) is 5.15 Å². The number of aromatic nitrogens is 3. The molecular formula is C18H16ClN5O2. The van der Waals surface area contributed by atoms with Gasteiger partial charge in [-0.3, -0.25) is 14.6 Å². The van der Waals surface area contributed by atoms with E-state index in [-0.39, 0.29) is 11.0 Å². The van der Waals surface area contributed by atoms with Crippen LogP contribution in [0.5, 0.6) is 0 Å². The van der Waals surface area contributed by atoms with E-state index >= 15 is 0 Å². The maximum absolute atomic E-state index is 13.0. The number of hydrogen-bond donors (Lipinski definition) is 2. The van der Waals surface area contributed by atoms with E-state index in [4.69, 9.17) is 11.6 Å². The molecule has 8 heteroatoms. The molecule has 7 nitrogen and oxygen atoms in total. The van der Waals surface area contributed by atoms with Gasteiger partial charge < -0.3 is 15.2 Å². The highest BCUT2D eigenvalue weighted by Crippen LogP contribution is 2.28. The molecule has 0 aliphatic carbocycles. The number of amides is 1. The Morgan fingerprint density at radius 3 is 2.88 bits per heavy atom. The van der Waals surface area contributed by atoms with E-state index in [2.05, 4.69) is 25.2 Å². The van der Waals surface area contributed by atoms with Gasteiger partial charge in [0, 0.05) is 42.7 Å². The zero-order valence-corrected chi connectivity index (χ0v) is 14.6. The molecule has 1 aliphatic rings. The van der Waals surface area contributed by atoms with Crippen LogP contribution in [0, 0.1) is 0 Å². The predicted molar refractivity (Wildman–Crippen MR) is 98.5 cm³/mol. The second-order valence-corrected chi connectivity index (χ2v) is 6.39. The van der Waals surface area contributed by atoms with Crippen molar-refractivity contribution in [1.29, 1.82) is 0 Å². The number of Topliss-reactive ketones (excluding diaryl/α,β-unsaturated/α-hetero) is 1. The Morgan fingerprint density at radius 2 is 2.04 bits per heavy atom. The molecule has 1 aliphatic heterocycles. The van der Waals surface area contributed by atoms with Gasteiger partial charge in [0.05, 0.1) is 18.0 Å². The molecule has 26 heavy (non-hydrogen) atoms. The fraction of sp³-hybridized carbons (Fsp3) is 0.222. The maximum Gasteiger partial charge on any atom is 0.298 e. The number of rotatable bonds is 3. The zero-order chi connectivity index (χ0) is 18.1. The summed E-state index contributed by atoms with van der Waals surface area (Å²) in [5, 5.41) is 6.74. The minimum atomic E-state index is -0.752. The van der Waals surface area contributed by atoms with Crippen molar-refractivity contribution >= 4 is 40.0 Å². The zero-order valence-electron chi connectivity index (χ0n) is 13.8. The van der Waals surface area contributed by atoms with E-state index in [9.17, 15) is 9.59 Å². The number of halogens is 1. The molecular weight excluding hydrogens is 354 g/mol. The number of para-hydroxylation sites is 1. The first-order valence-electron chi connectivity index (χ1n) is 8.29. The van der Waals surface area contributed by atoms with Gasteiger partial charge in [0.25, 0.3) is 11.7 Å². The third-order valence-corrected chi connectivity index (χ3v) is 4.59. The van der Waals surface area contributed by atoms with Crippen LogP contribution in [0.25, 0.3) is 10.9 Å². The van der Waals surface area contributed by atoms with Gasteiger partial charge in [0.15, 0.2) is 5.82 Å². The Labute approximate surface area is 154 Å². The summed E-state index contributed by atoms with van der Waals surface area (Å²) in [7, 11) is 0. The number of hydrogen-bond acceptors (Lipinski definition) is 5. The lowest BCUT2D eigenvalue weighted by molar-refractivity contribution is -0.112. The summed E-state index contributed by atoms with van der Waals surface area (Å²) in [5.41, 5.74) is 2.30. The Morgan fingerprint density at radius 1 is 1.19 bits per heavy atom. The van der Waals surface area contributed by atoms with E-state index in [1.165, 1.54) is 12.4 Å². The molecule has 0 bridgehead atoms. The van der Waals surface area contributed by atoms with E-state index < -0.39 is 11.7 Å². The molecule has 0 atom stereocenters. The van der Waals surface area contributed by atoms with Crippen molar-refractivity contribution in [2.75, 3.05) is 18.4 Å². The normalized spacial score (nSPS) is 13.9. The molecule has 1 amide bonds. The molecule has 3 aromatic rings. The molecule has 132 valence electrons. The van der Waals surface area contributed by atoms with Crippen LogP contribution in [0.2, 0.25) is 5.15 Å². The van der Waals surface area contributed by atoms with Gasteiger partial charge in [0.2, 0.25) is 0 Å². The fourth-order valence-electron chi connectivity index (χ4n) is 3.34. The van der Waals surface area contributed by atoms with Crippen LogP contribution in [0.3, 0.4) is 0 Å². The Balaban J connectivity index is 1.74. The van der Waals surface area contributed by atoms with Crippen molar-refractivity contribution in [3.63, 3.8) is 0 Å². The average molecular weight is 370 g/mol. The SMILES string of the molecule is O=C(Nc1cncc(Cl)n1)C(=O)c1c2n(c3ccccc13)CCNCC2. The van der Waals surface area contributed by atoms with Gasteiger partial charge in [-0.25, -0.2) is 4.98 Å². The summed E-state index contributed by atoms with van der Waals surface area (Å²) in [4.78, 5) is 33.3. The number of fused-ring (bicyclic) bond motifs is 3. The summed E-state index contributed by atoms with van der Waals surface area (Å²) in [5.74, 6) is -1.19. The summed E-state index contributed by atoms with van der Waals surface area (Å²) in [6, 6.07) is 7.66. The summed E-state index contributed by atoms with van der Waals surface area (Å²) >= 11 is 5.78. The van der Waals surface area contributed by atoms with E-state index in [1.807, 2.05) is 24.3 Å². The van der Waals surface area contributed by atoms with Crippen LogP contribution in [-0.4, -0.2) is 39.3 Å². The Bertz CT molecular complexity index is 1010. The Hall–Kier alpha value is -2.77. The summed E-state index contributed by atoms with van der Waals surface area (Å²) < 4.78 is 2.12. The van der Waals surface area contributed by atoms with Crippen molar-refractivity contribution in [3.05, 3.63) is 53.1 Å². The van der Waals surface area contributed by atoms with Gasteiger partial charge in [-0.1, -0.05) is 29.8 Å². The molecule has 2 aromatic heterocycles. The van der Waals surface area contributed by atoms with E-state index in [1.54, 1.807) is 0 Å². The van der Waals surface area contributed by atoms with Crippen LogP contribution in [0.15, 0.2) is 36.7 Å². The third-order valence-electron chi connectivity index (χ3n) is 4.41. The molecule has 0 unspecified atom stereocenters. The van der Waals surface area contributed by atoms with Gasteiger partial charge >= 0.3 is 0 Å². The van der Waals surface area contributed by atoms with Crippen molar-refractivity contribution in [1.82, 2.24) is 19.9 Å². The number of nitrogens with one attached hydrogen (secondary N) is 2. The highest BCUT2D eigenvalue weighted by molar-refractivity contribution is 6.48. The standard InChI is InChI=1S/C18H16ClN5O2/c19-14-9-21-10-15(22-14)23-18(26)17(25)16-11-3-1-2-4-12(11)24-8-7-20-6-5-13(16)24/h1-4,9-10,20H,5-8H2,(H,22,23,26). The lowest BCUT2D eigenvalue weighted by Gasteiger charge is -2.07. The third kappa shape index (κ3) is 2.95. The van der Waals surface area contributed by atoms with Crippen LogP contribution < -0.4 is 10.6 Å². The minimum absolute atomic E-state index is 0.143. The first-order chi connectivity index (χ1) is 12.6. The fourth-order valence-corrected chi connectivity index (χ4v) is 3.48. The molecule has 0 fully saturated rings. The smallest absolute Gasteiger partial charge is 0.298 e. The van der Waals surface area contributed by atoms with Crippen LogP contribution in [-0.2, 0) is 17.8 Å². The number of carbonyl (C=O) groups is 2. The van der Waals surface area contributed by atoms with Crippen molar-refractivity contribution in [3.8, 4) is 0 Å². The van der Waals surface area contributed by atoms with E-state index in [0.29, 0.717) is 12.0 Å². The molecule has 3 heterocycles. The molecule has 0 saturated carbocycles. The molecule has 4 rings (SSSR count). The lowest BCUT2D eigenvalue weighted by atomic mass is 10.0. The predicted octanol–water partition coefficient (Wildman–Crippen LogP) is 2.05. The second kappa shape index (κ2) is 6.86. The minimum Gasteiger partial charge on any atom is -0.343 e. The number of carbonyl (C=O) groups excluding carboxylic acids is 2. The molecule has 0 spiro atoms. The first-order valence-corrected chi connectivity index (χ1v) is 8.67. The molecule has 2 N–H and O–H groups in total. The molecule has 1 aromatic carbocycles. The first kappa shape index (κ1) is 16.7. The highest BCUT2D eigenvalue weighted by atomic mass is 35.5. The van der Waals surface area contributed by atoms with Crippen LogP contribution >= 0.6 is 11.6 Å². The van der Waals surface area contributed by atoms with Gasteiger partial charge in [-0.05, 0) is 6.07 Å². The number of nitrogens with zero attached hydrogens (tertiary/aromatic N) is 3. The number of ketones is 1. The van der Waals surface area contributed by atoms with Crippen molar-refractivity contribution in [2.45, 2.75) is 13.0 Å². The largest absolute Gasteiger partial charge is 0.343 e. The van der Waals surface area contributed by atoms with Crippen molar-refractivity contribution < 1.29 is 9.59 Å². The van der Waals surface area contributed by atoms with Gasteiger partial charge in [-0.15, -0.1) is 0 Å². The van der Waals surface area contributed by atoms with Crippen molar-refractivity contribution in [2.24, 2.45) is 0 Å². The monoisotopic (exact) mass is 369 g/mol. The topological polar surface area (TPSA) is 88.9 Å². The number of benzene rings is 1. The number of anilines is 1. The van der Waals surface area contributed by atoms with Gasteiger partial charge in [-0.2, -0.15) is 0 Å². The van der Waals surface area contributed by atoms with Crippen LogP contribution in [0.1, 0.15) is 16.1 Å². The van der Waals surface area contributed by atoms with Crippen LogP contribution in [0.4, 0.5) is 5.82 Å². The summed E-state index contributed by atoms with van der Waals surface area (Å²) in [6.07, 6.45) is 3.38. The lowest BCUT2D eigenvalue weighted by Crippen LogP contribution is -2.25.